The van der Waals surface area contributed by atoms with Gasteiger partial charge in [0.05, 0.1) is 18.3 Å². The number of carbonyl (C=O) groups is 1. The molecule has 0 saturated heterocycles. The molecule has 10 heteroatoms. The van der Waals surface area contributed by atoms with E-state index in [-0.39, 0.29) is 11.9 Å². The Morgan fingerprint density at radius 1 is 1.33 bits per heavy atom. The van der Waals surface area contributed by atoms with Crippen molar-refractivity contribution in [3.63, 3.8) is 0 Å². The Labute approximate surface area is 197 Å². The minimum Gasteiger partial charge on any atom is -0.464 e. The fourth-order valence-corrected chi connectivity index (χ4v) is 5.56. The normalized spacial score (nSPS) is 21.6. The van der Waals surface area contributed by atoms with Gasteiger partial charge >= 0.3 is 0 Å². The molecule has 182 valence electrons. The first-order valence-corrected chi connectivity index (χ1v) is 12.5. The molecule has 0 spiro atoms. The van der Waals surface area contributed by atoms with Crippen LogP contribution in [0.1, 0.15) is 55.2 Å². The van der Waals surface area contributed by atoms with Gasteiger partial charge in [-0.15, -0.1) is 0 Å². The summed E-state index contributed by atoms with van der Waals surface area (Å²) >= 11 is 1.40. The third-order valence-electron chi connectivity index (χ3n) is 6.42. The third kappa shape index (κ3) is 7.20. The van der Waals surface area contributed by atoms with E-state index in [1.165, 1.54) is 11.3 Å². The fraction of sp³-hybridized carbons (Fsp3) is 0.696. The van der Waals surface area contributed by atoms with Gasteiger partial charge in [0, 0.05) is 44.2 Å². The molecular weight excluding hydrogens is 448 g/mol. The molecule has 1 fully saturated rings. The molecule has 0 bridgehead atoms. The molecule has 4 rings (SSSR count). The number of amides is 1. The number of nitrogens with zero attached hydrogens (tertiary/aromatic N) is 4. The Bertz CT molecular complexity index is 934. The molecule has 2 aromatic rings. The van der Waals surface area contributed by atoms with E-state index in [4.69, 9.17) is 4.74 Å². The van der Waals surface area contributed by atoms with Crippen LogP contribution in [-0.2, 0) is 31.2 Å². The number of ether oxygens (including phenoxy) is 1. The summed E-state index contributed by atoms with van der Waals surface area (Å²) in [6, 6.07) is 0.270. The number of rotatable bonds is 9. The maximum Gasteiger partial charge on any atom is 0.278 e. The maximum absolute atomic E-state index is 13.0. The lowest BCUT2D eigenvalue weighted by atomic mass is 9.84. The van der Waals surface area contributed by atoms with Gasteiger partial charge in [-0.3, -0.25) is 14.4 Å². The van der Waals surface area contributed by atoms with Crippen LogP contribution in [0.15, 0.2) is 12.4 Å². The summed E-state index contributed by atoms with van der Waals surface area (Å²) in [5.74, 6) is -2.09. The van der Waals surface area contributed by atoms with Crippen LogP contribution < -0.4 is 10.1 Å². The summed E-state index contributed by atoms with van der Waals surface area (Å²) < 4.78 is 33.0. The van der Waals surface area contributed by atoms with Crippen LogP contribution in [0.4, 0.5) is 8.78 Å². The smallest absolute Gasteiger partial charge is 0.278 e. The molecule has 2 aromatic heterocycles. The number of nitrogens with one attached hydrogen (secondary N) is 1. The van der Waals surface area contributed by atoms with Crippen LogP contribution in [0.25, 0.3) is 0 Å². The first-order valence-electron chi connectivity index (χ1n) is 11.7. The Hall–Kier alpha value is -2.07. The monoisotopic (exact) mass is 481 g/mol. The molecule has 1 aliphatic heterocycles. The minimum absolute atomic E-state index is 0.0739. The number of thiazole rings is 1. The predicted molar refractivity (Wildman–Crippen MR) is 123 cm³/mol. The summed E-state index contributed by atoms with van der Waals surface area (Å²) in [4.78, 5) is 20.3. The van der Waals surface area contributed by atoms with Crippen LogP contribution >= 0.6 is 11.3 Å². The van der Waals surface area contributed by atoms with E-state index in [1.807, 2.05) is 13.2 Å². The van der Waals surface area contributed by atoms with E-state index >= 15 is 0 Å². The molecule has 33 heavy (non-hydrogen) atoms. The van der Waals surface area contributed by atoms with Gasteiger partial charge in [-0.1, -0.05) is 11.3 Å². The molecule has 1 N–H and O–H groups in total. The molecule has 7 nitrogen and oxygen atoms in total. The Morgan fingerprint density at radius 3 is 2.82 bits per heavy atom. The minimum atomic E-state index is -2.85. The number of aryl methyl sites for hydroxylation is 1. The average molecular weight is 482 g/mol. The number of carbonyl (C=O) groups excluding carboxylic acids is 1. The highest BCUT2D eigenvalue weighted by molar-refractivity contribution is 7.13. The highest BCUT2D eigenvalue weighted by Crippen LogP contribution is 2.32. The number of hydrogen-bond donors (Lipinski definition) is 1. The average Bonchev–Trinajstić information content (AvgIpc) is 3.36. The van der Waals surface area contributed by atoms with Crippen molar-refractivity contribution in [2.75, 3.05) is 19.7 Å². The van der Waals surface area contributed by atoms with Crippen molar-refractivity contribution >= 4 is 17.2 Å². The van der Waals surface area contributed by atoms with Crippen LogP contribution in [0.3, 0.4) is 0 Å². The molecule has 0 unspecified atom stereocenters. The van der Waals surface area contributed by atoms with E-state index in [0.717, 1.165) is 81.2 Å². The lowest BCUT2D eigenvalue weighted by molar-refractivity contribution is -0.121. The molecule has 2 aliphatic rings. The van der Waals surface area contributed by atoms with Crippen molar-refractivity contribution in [2.45, 2.75) is 70.4 Å². The van der Waals surface area contributed by atoms with Crippen LogP contribution in [-0.4, -0.2) is 57.2 Å². The fourth-order valence-electron chi connectivity index (χ4n) is 4.66. The van der Waals surface area contributed by atoms with Gasteiger partial charge in [0.2, 0.25) is 5.91 Å². The van der Waals surface area contributed by atoms with Gasteiger partial charge in [0.1, 0.15) is 0 Å². The number of alkyl halides is 2. The molecule has 1 aliphatic carbocycles. The number of fused-ring (bicyclic) bond motifs is 1. The first kappa shape index (κ1) is 24.1. The van der Waals surface area contributed by atoms with Gasteiger partial charge in [-0.25, -0.2) is 13.8 Å². The molecule has 1 amide bonds. The van der Waals surface area contributed by atoms with E-state index in [9.17, 15) is 13.6 Å². The molecule has 0 radical (unpaired) electrons. The Morgan fingerprint density at radius 2 is 2.12 bits per heavy atom. The molecular formula is C23H33F2N5O2S. The SMILES string of the molecule is Cn1cc(CC(=O)N[C@H]2CC[C@H](CCN3CCc4sc(OCC(C)(F)F)nc4C3)CC2)cn1. The van der Waals surface area contributed by atoms with Crippen molar-refractivity contribution in [3.05, 3.63) is 28.5 Å². The maximum atomic E-state index is 13.0. The van der Waals surface area contributed by atoms with Crippen molar-refractivity contribution in [2.24, 2.45) is 13.0 Å². The third-order valence-corrected chi connectivity index (χ3v) is 7.49. The summed E-state index contributed by atoms with van der Waals surface area (Å²) in [5, 5.41) is 7.65. The predicted octanol–water partition coefficient (Wildman–Crippen LogP) is 3.58. The van der Waals surface area contributed by atoms with Gasteiger partial charge in [0.25, 0.3) is 11.1 Å². The second-order valence-corrected chi connectivity index (χ2v) is 10.6. The Kier molecular flexibility index (Phi) is 7.63. The van der Waals surface area contributed by atoms with Crippen molar-refractivity contribution in [1.29, 1.82) is 0 Å². The zero-order valence-corrected chi connectivity index (χ0v) is 20.2. The largest absolute Gasteiger partial charge is 0.464 e. The zero-order valence-electron chi connectivity index (χ0n) is 19.4. The van der Waals surface area contributed by atoms with E-state index in [2.05, 4.69) is 20.3 Å². The quantitative estimate of drug-likeness (QED) is 0.593. The summed E-state index contributed by atoms with van der Waals surface area (Å²) in [6.45, 7) is 2.97. The van der Waals surface area contributed by atoms with Gasteiger partial charge in [-0.05, 0) is 56.6 Å². The zero-order chi connectivity index (χ0) is 23.4. The number of hydrogen-bond acceptors (Lipinski definition) is 6. The highest BCUT2D eigenvalue weighted by Gasteiger charge is 2.27. The summed E-state index contributed by atoms with van der Waals surface area (Å²) in [5.41, 5.74) is 1.91. The molecule has 0 atom stereocenters. The second kappa shape index (κ2) is 10.5. The lowest BCUT2D eigenvalue weighted by Gasteiger charge is -2.32. The van der Waals surface area contributed by atoms with Crippen molar-refractivity contribution in [3.8, 4) is 5.19 Å². The first-order chi connectivity index (χ1) is 15.7. The van der Waals surface area contributed by atoms with Crippen molar-refractivity contribution < 1.29 is 18.3 Å². The molecule has 3 heterocycles. The van der Waals surface area contributed by atoms with E-state index < -0.39 is 12.5 Å². The van der Waals surface area contributed by atoms with Crippen molar-refractivity contribution in [1.82, 2.24) is 25.0 Å². The summed E-state index contributed by atoms with van der Waals surface area (Å²) in [6.07, 6.45) is 10.4. The molecule has 0 aromatic carbocycles. The standard InChI is InChI=1S/C23H33F2N5O2S/c1-23(24,25)15-32-22-28-19-14-30(10-8-20(19)33-22)9-7-16-3-5-18(6-4-16)27-21(31)11-17-12-26-29(2)13-17/h12-13,16,18H,3-11,14-15H2,1-2H3,(H,27,31)/t16-,18-. The lowest BCUT2D eigenvalue weighted by Crippen LogP contribution is -2.39. The van der Waals surface area contributed by atoms with Gasteiger partial charge < -0.3 is 10.1 Å². The summed E-state index contributed by atoms with van der Waals surface area (Å²) in [7, 11) is 1.85. The van der Waals surface area contributed by atoms with Gasteiger partial charge in [0.15, 0.2) is 6.61 Å². The molecule has 1 saturated carbocycles. The van der Waals surface area contributed by atoms with Crippen LogP contribution in [0.2, 0.25) is 0 Å². The van der Waals surface area contributed by atoms with Crippen LogP contribution in [0.5, 0.6) is 5.19 Å². The highest BCUT2D eigenvalue weighted by atomic mass is 32.1. The van der Waals surface area contributed by atoms with E-state index in [0.29, 0.717) is 17.5 Å². The number of halogens is 2. The van der Waals surface area contributed by atoms with Crippen LogP contribution in [0, 0.1) is 5.92 Å². The Balaban J connectivity index is 1.15. The number of aromatic nitrogens is 3. The van der Waals surface area contributed by atoms with E-state index in [1.54, 1.807) is 10.9 Å². The topological polar surface area (TPSA) is 72.3 Å². The second-order valence-electron chi connectivity index (χ2n) is 9.51. The van der Waals surface area contributed by atoms with Gasteiger partial charge in [-0.2, -0.15) is 5.10 Å².